The molecule has 1 aliphatic rings. The Labute approximate surface area is 72.9 Å². The molecule has 1 saturated heterocycles. The van der Waals surface area contributed by atoms with Gasteiger partial charge in [-0.25, -0.2) is 0 Å². The maximum Gasteiger partial charge on any atom is 0.108 e. The van der Waals surface area contributed by atoms with Crippen molar-refractivity contribution in [3.8, 4) is 0 Å². The molecule has 1 rings (SSSR count). The van der Waals surface area contributed by atoms with Gasteiger partial charge in [-0.3, -0.25) is 0 Å². The summed E-state index contributed by atoms with van der Waals surface area (Å²) < 4.78 is 5.09. The van der Waals surface area contributed by atoms with E-state index in [-0.39, 0.29) is 18.0 Å². The molecular formula is C6H11BrO4. The SMILES string of the molecule is OC[C@H]1O[C@H](CO)[C@@H](Br)[C@@H]1O. The lowest BCUT2D eigenvalue weighted by atomic mass is 10.1. The molecular weight excluding hydrogens is 216 g/mol. The number of alkyl halides is 1. The fourth-order valence-corrected chi connectivity index (χ4v) is 1.73. The van der Waals surface area contributed by atoms with Crippen LogP contribution in [-0.4, -0.2) is 51.7 Å². The van der Waals surface area contributed by atoms with Crippen molar-refractivity contribution in [1.82, 2.24) is 0 Å². The molecule has 0 aromatic rings. The number of rotatable bonds is 2. The molecule has 11 heavy (non-hydrogen) atoms. The molecule has 3 N–H and O–H groups in total. The summed E-state index contributed by atoms with van der Waals surface area (Å²) in [5.41, 5.74) is 0. The molecule has 0 aromatic carbocycles. The quantitative estimate of drug-likeness (QED) is 0.522. The minimum Gasteiger partial charge on any atom is -0.394 e. The Hall–Kier alpha value is 0.320. The number of ether oxygens (including phenoxy) is 1. The summed E-state index contributed by atoms with van der Waals surface area (Å²) in [6, 6.07) is 0. The molecule has 0 radical (unpaired) electrons. The van der Waals surface area contributed by atoms with E-state index in [4.69, 9.17) is 14.9 Å². The minimum atomic E-state index is -0.739. The van der Waals surface area contributed by atoms with Gasteiger partial charge in [0.15, 0.2) is 0 Å². The zero-order chi connectivity index (χ0) is 8.43. The summed E-state index contributed by atoms with van der Waals surface area (Å²) in [7, 11) is 0. The second-order valence-electron chi connectivity index (χ2n) is 2.51. The molecule has 1 fully saturated rings. The van der Waals surface area contributed by atoms with E-state index in [1.165, 1.54) is 0 Å². The Bertz CT molecular complexity index is 114. The normalized spacial score (nSPS) is 44.7. The second kappa shape index (κ2) is 3.82. The number of aliphatic hydroxyl groups is 3. The average Bonchev–Trinajstić information content (AvgIpc) is 2.30. The van der Waals surface area contributed by atoms with Crippen LogP contribution in [0.2, 0.25) is 0 Å². The highest BCUT2D eigenvalue weighted by molar-refractivity contribution is 9.09. The third kappa shape index (κ3) is 1.73. The molecule has 1 aliphatic heterocycles. The highest BCUT2D eigenvalue weighted by Crippen LogP contribution is 2.26. The van der Waals surface area contributed by atoms with Gasteiger partial charge < -0.3 is 20.1 Å². The van der Waals surface area contributed by atoms with Crippen LogP contribution in [0.1, 0.15) is 0 Å². The lowest BCUT2D eigenvalue weighted by molar-refractivity contribution is -0.0354. The summed E-state index contributed by atoms with van der Waals surface area (Å²) in [6.45, 7) is -0.372. The Morgan fingerprint density at radius 3 is 2.00 bits per heavy atom. The molecule has 0 unspecified atom stereocenters. The first kappa shape index (κ1) is 9.41. The highest BCUT2D eigenvalue weighted by atomic mass is 79.9. The first-order valence-corrected chi connectivity index (χ1v) is 4.31. The Balaban J connectivity index is 2.53. The van der Waals surface area contributed by atoms with E-state index in [1.807, 2.05) is 0 Å². The maximum atomic E-state index is 9.32. The summed E-state index contributed by atoms with van der Waals surface area (Å²) in [5.74, 6) is 0. The highest BCUT2D eigenvalue weighted by Gasteiger charge is 2.41. The van der Waals surface area contributed by atoms with Crippen LogP contribution in [0.25, 0.3) is 0 Å². The molecule has 0 bridgehead atoms. The number of aliphatic hydroxyl groups excluding tert-OH is 3. The zero-order valence-electron chi connectivity index (χ0n) is 5.85. The van der Waals surface area contributed by atoms with Crippen molar-refractivity contribution in [3.05, 3.63) is 0 Å². The molecule has 0 aromatic heterocycles. The first-order chi connectivity index (χ1) is 5.20. The smallest absolute Gasteiger partial charge is 0.108 e. The van der Waals surface area contributed by atoms with Crippen LogP contribution >= 0.6 is 15.9 Å². The summed E-state index contributed by atoms with van der Waals surface area (Å²) in [4.78, 5) is -0.287. The van der Waals surface area contributed by atoms with E-state index in [2.05, 4.69) is 15.9 Å². The Morgan fingerprint density at radius 1 is 1.18 bits per heavy atom. The van der Waals surface area contributed by atoms with Crippen molar-refractivity contribution in [2.24, 2.45) is 0 Å². The van der Waals surface area contributed by atoms with Gasteiger partial charge in [-0.1, -0.05) is 15.9 Å². The fraction of sp³-hybridized carbons (Fsp3) is 1.00. The van der Waals surface area contributed by atoms with Crippen LogP contribution in [0.5, 0.6) is 0 Å². The van der Waals surface area contributed by atoms with Gasteiger partial charge in [-0.05, 0) is 0 Å². The van der Waals surface area contributed by atoms with Crippen LogP contribution in [0, 0.1) is 0 Å². The van der Waals surface area contributed by atoms with E-state index in [9.17, 15) is 5.11 Å². The lowest BCUT2D eigenvalue weighted by Crippen LogP contribution is -2.30. The standard InChI is InChI=1S/C6H11BrO4/c7-5-3(1-8)11-4(2-9)6(5)10/h3-6,8-10H,1-2H2/t3-,4-,5-,6-/m1/s1. The monoisotopic (exact) mass is 226 g/mol. The zero-order valence-corrected chi connectivity index (χ0v) is 7.44. The lowest BCUT2D eigenvalue weighted by Gasteiger charge is -2.10. The van der Waals surface area contributed by atoms with Gasteiger partial charge in [0.1, 0.15) is 6.10 Å². The molecule has 0 amide bonds. The third-order valence-corrected chi connectivity index (χ3v) is 2.90. The first-order valence-electron chi connectivity index (χ1n) is 3.40. The summed E-state index contributed by atoms with van der Waals surface area (Å²) in [6.07, 6.45) is -1.73. The fourth-order valence-electron chi connectivity index (χ4n) is 1.10. The average molecular weight is 227 g/mol. The van der Waals surface area contributed by atoms with Crippen LogP contribution in [-0.2, 0) is 4.74 Å². The van der Waals surface area contributed by atoms with E-state index in [1.54, 1.807) is 0 Å². The summed E-state index contributed by atoms with van der Waals surface area (Å²) >= 11 is 3.17. The minimum absolute atomic E-state index is 0.149. The Kier molecular flexibility index (Phi) is 3.27. The molecule has 0 saturated carbocycles. The van der Waals surface area contributed by atoms with Crippen molar-refractivity contribution in [2.45, 2.75) is 23.1 Å². The van der Waals surface area contributed by atoms with Crippen LogP contribution in [0.3, 0.4) is 0 Å². The molecule has 0 spiro atoms. The third-order valence-electron chi connectivity index (χ3n) is 1.77. The molecule has 4 atom stereocenters. The van der Waals surface area contributed by atoms with E-state index < -0.39 is 18.3 Å². The predicted molar refractivity (Wildman–Crippen MR) is 41.6 cm³/mol. The summed E-state index contributed by atoms with van der Waals surface area (Å²) in [5, 5.41) is 26.7. The van der Waals surface area contributed by atoms with Gasteiger partial charge in [0.2, 0.25) is 0 Å². The molecule has 1 heterocycles. The van der Waals surface area contributed by atoms with Gasteiger partial charge in [-0.15, -0.1) is 0 Å². The number of hydrogen-bond acceptors (Lipinski definition) is 4. The van der Waals surface area contributed by atoms with Crippen molar-refractivity contribution in [1.29, 1.82) is 0 Å². The van der Waals surface area contributed by atoms with Gasteiger partial charge in [0.25, 0.3) is 0 Å². The van der Waals surface area contributed by atoms with Crippen LogP contribution in [0.4, 0.5) is 0 Å². The number of halogens is 1. The van der Waals surface area contributed by atoms with E-state index in [0.717, 1.165) is 0 Å². The van der Waals surface area contributed by atoms with Gasteiger partial charge in [0, 0.05) is 0 Å². The molecule has 4 nitrogen and oxygen atoms in total. The van der Waals surface area contributed by atoms with Gasteiger partial charge in [0.05, 0.1) is 30.2 Å². The predicted octanol–water partition coefficient (Wildman–Crippen LogP) is -1.14. The van der Waals surface area contributed by atoms with Crippen LogP contribution < -0.4 is 0 Å². The van der Waals surface area contributed by atoms with Crippen molar-refractivity contribution in [2.75, 3.05) is 13.2 Å². The van der Waals surface area contributed by atoms with Crippen LogP contribution in [0.15, 0.2) is 0 Å². The molecule has 66 valence electrons. The Morgan fingerprint density at radius 2 is 1.73 bits per heavy atom. The maximum absolute atomic E-state index is 9.32. The second-order valence-corrected chi connectivity index (χ2v) is 3.57. The van der Waals surface area contributed by atoms with Crippen molar-refractivity contribution in [3.63, 3.8) is 0 Å². The molecule has 5 heteroatoms. The van der Waals surface area contributed by atoms with Crippen molar-refractivity contribution >= 4 is 15.9 Å². The topological polar surface area (TPSA) is 69.9 Å². The largest absolute Gasteiger partial charge is 0.394 e. The number of hydrogen-bond donors (Lipinski definition) is 3. The van der Waals surface area contributed by atoms with Gasteiger partial charge >= 0.3 is 0 Å². The van der Waals surface area contributed by atoms with Gasteiger partial charge in [-0.2, -0.15) is 0 Å². The molecule has 0 aliphatic carbocycles. The van der Waals surface area contributed by atoms with E-state index in [0.29, 0.717) is 0 Å². The van der Waals surface area contributed by atoms with Crippen molar-refractivity contribution < 1.29 is 20.1 Å². The van der Waals surface area contributed by atoms with E-state index >= 15 is 0 Å².